The number of carbonyl (C=O) groups is 1. The Hall–Kier alpha value is -1.82. The minimum absolute atomic E-state index is 0.133. The third-order valence-electron chi connectivity index (χ3n) is 2.63. The highest BCUT2D eigenvalue weighted by molar-refractivity contribution is 5.91. The van der Waals surface area contributed by atoms with E-state index in [0.29, 0.717) is 5.56 Å². The van der Waals surface area contributed by atoms with Crippen LogP contribution in [0.15, 0.2) is 12.1 Å². The van der Waals surface area contributed by atoms with Gasteiger partial charge in [-0.25, -0.2) is 4.79 Å². The van der Waals surface area contributed by atoms with Gasteiger partial charge in [0.05, 0.1) is 11.1 Å². The predicted octanol–water partition coefficient (Wildman–Crippen LogP) is 1.75. The van der Waals surface area contributed by atoms with Crippen molar-refractivity contribution in [1.29, 1.82) is 5.26 Å². The van der Waals surface area contributed by atoms with Crippen molar-refractivity contribution in [1.82, 2.24) is 0 Å². The van der Waals surface area contributed by atoms with Crippen molar-refractivity contribution in [2.75, 3.05) is 0 Å². The van der Waals surface area contributed by atoms with Gasteiger partial charge in [0.15, 0.2) is 0 Å². The van der Waals surface area contributed by atoms with Crippen LogP contribution in [0.25, 0.3) is 0 Å². The number of carboxylic acids is 1. The molecule has 0 aromatic heterocycles. The number of hydrogen-bond acceptors (Lipinski definition) is 2. The van der Waals surface area contributed by atoms with E-state index in [0.717, 1.165) is 30.4 Å². The molecule has 0 saturated carbocycles. The molecule has 0 spiro atoms. The molecule has 0 saturated heterocycles. The lowest BCUT2D eigenvalue weighted by Crippen LogP contribution is -2.03. The van der Waals surface area contributed by atoms with E-state index in [-0.39, 0.29) is 5.56 Å². The first-order chi connectivity index (χ1) is 6.74. The van der Waals surface area contributed by atoms with Gasteiger partial charge in [0.25, 0.3) is 0 Å². The van der Waals surface area contributed by atoms with Crippen LogP contribution in [0.5, 0.6) is 0 Å². The van der Waals surface area contributed by atoms with Crippen LogP contribution in [0.1, 0.15) is 33.5 Å². The van der Waals surface area contributed by atoms with E-state index in [1.54, 1.807) is 0 Å². The van der Waals surface area contributed by atoms with Crippen molar-refractivity contribution in [2.45, 2.75) is 19.3 Å². The van der Waals surface area contributed by atoms with Gasteiger partial charge in [-0.05, 0) is 36.5 Å². The average molecular weight is 187 g/mol. The highest BCUT2D eigenvalue weighted by Crippen LogP contribution is 2.27. The summed E-state index contributed by atoms with van der Waals surface area (Å²) in [6.07, 6.45) is 2.82. The zero-order chi connectivity index (χ0) is 10.1. The third kappa shape index (κ3) is 1.16. The number of nitriles is 1. The molecule has 1 aliphatic carbocycles. The minimum Gasteiger partial charge on any atom is -0.478 e. The fourth-order valence-electron chi connectivity index (χ4n) is 1.97. The fraction of sp³-hybridized carbons (Fsp3) is 0.273. The topological polar surface area (TPSA) is 61.1 Å². The maximum Gasteiger partial charge on any atom is 0.337 e. The Bertz CT molecular complexity index is 443. The number of fused-ring (bicyclic) bond motifs is 1. The van der Waals surface area contributed by atoms with E-state index in [1.165, 1.54) is 6.07 Å². The molecule has 0 bridgehead atoms. The number of nitrogens with zero attached hydrogens (tertiary/aromatic N) is 1. The zero-order valence-electron chi connectivity index (χ0n) is 7.58. The van der Waals surface area contributed by atoms with Gasteiger partial charge in [-0.3, -0.25) is 0 Å². The van der Waals surface area contributed by atoms with Crippen molar-refractivity contribution >= 4 is 5.97 Å². The highest BCUT2D eigenvalue weighted by atomic mass is 16.4. The summed E-state index contributed by atoms with van der Waals surface area (Å²) in [6.45, 7) is 0. The van der Waals surface area contributed by atoms with Gasteiger partial charge in [-0.15, -0.1) is 0 Å². The molecule has 0 radical (unpaired) electrons. The van der Waals surface area contributed by atoms with Gasteiger partial charge >= 0.3 is 5.97 Å². The van der Waals surface area contributed by atoms with Crippen LogP contribution >= 0.6 is 0 Å². The third-order valence-corrected chi connectivity index (χ3v) is 2.63. The van der Waals surface area contributed by atoms with Gasteiger partial charge < -0.3 is 5.11 Å². The van der Waals surface area contributed by atoms with Crippen molar-refractivity contribution in [3.05, 3.63) is 34.4 Å². The molecule has 1 aromatic carbocycles. The zero-order valence-corrected chi connectivity index (χ0v) is 7.58. The molecule has 0 fully saturated rings. The second kappa shape index (κ2) is 3.15. The minimum atomic E-state index is -1.02. The Morgan fingerprint density at radius 2 is 2.21 bits per heavy atom. The van der Waals surface area contributed by atoms with Crippen LogP contribution in [0.4, 0.5) is 0 Å². The number of hydrogen-bond donors (Lipinski definition) is 1. The van der Waals surface area contributed by atoms with Crippen molar-refractivity contribution < 1.29 is 9.90 Å². The van der Waals surface area contributed by atoms with Crippen LogP contribution in [0, 0.1) is 11.3 Å². The van der Waals surface area contributed by atoms with Crippen LogP contribution in [-0.4, -0.2) is 11.1 Å². The molecule has 70 valence electrons. The largest absolute Gasteiger partial charge is 0.478 e. The maximum absolute atomic E-state index is 10.8. The number of benzene rings is 1. The lowest BCUT2D eigenvalue weighted by Gasteiger charge is -2.04. The van der Waals surface area contributed by atoms with Crippen LogP contribution in [0.2, 0.25) is 0 Å². The Labute approximate surface area is 81.6 Å². The first-order valence-electron chi connectivity index (χ1n) is 4.52. The van der Waals surface area contributed by atoms with E-state index >= 15 is 0 Å². The average Bonchev–Trinajstić information content (AvgIpc) is 2.63. The molecule has 2 rings (SSSR count). The van der Waals surface area contributed by atoms with E-state index < -0.39 is 5.97 Å². The van der Waals surface area contributed by atoms with Gasteiger partial charge in [0.2, 0.25) is 0 Å². The lowest BCUT2D eigenvalue weighted by atomic mass is 9.98. The monoisotopic (exact) mass is 187 g/mol. The molecular formula is C11H9NO2. The van der Waals surface area contributed by atoms with Gasteiger partial charge in [-0.2, -0.15) is 5.26 Å². The number of aromatic carboxylic acids is 1. The lowest BCUT2D eigenvalue weighted by molar-refractivity contribution is 0.0696. The summed E-state index contributed by atoms with van der Waals surface area (Å²) in [5, 5.41) is 17.8. The summed E-state index contributed by atoms with van der Waals surface area (Å²) in [5.41, 5.74) is 2.56. The molecule has 0 atom stereocenters. The van der Waals surface area contributed by atoms with E-state index in [1.807, 2.05) is 12.1 Å². The SMILES string of the molecule is N#Cc1c(C(=O)O)ccc2c1CCC2. The Kier molecular flexibility index (Phi) is 1.97. The Balaban J connectivity index is 2.67. The van der Waals surface area contributed by atoms with Crippen molar-refractivity contribution in [3.8, 4) is 6.07 Å². The number of carboxylic acid groups (broad SMARTS) is 1. The molecule has 0 heterocycles. The highest BCUT2D eigenvalue weighted by Gasteiger charge is 2.20. The Morgan fingerprint density at radius 1 is 1.43 bits per heavy atom. The number of aryl methyl sites for hydroxylation is 1. The molecule has 0 amide bonds. The molecule has 1 aromatic rings. The molecule has 14 heavy (non-hydrogen) atoms. The summed E-state index contributed by atoms with van der Waals surface area (Å²) >= 11 is 0. The van der Waals surface area contributed by atoms with Crippen LogP contribution < -0.4 is 0 Å². The maximum atomic E-state index is 10.8. The second-order valence-electron chi connectivity index (χ2n) is 3.40. The molecule has 3 heteroatoms. The summed E-state index contributed by atoms with van der Waals surface area (Å²) < 4.78 is 0. The van der Waals surface area contributed by atoms with Gasteiger partial charge in [0, 0.05) is 0 Å². The standard InChI is InChI=1S/C11H9NO2/c12-6-10-8-3-1-2-7(8)4-5-9(10)11(13)14/h4-5H,1-3H2,(H,13,14). The van der Waals surface area contributed by atoms with Crippen molar-refractivity contribution in [3.63, 3.8) is 0 Å². The first kappa shape index (κ1) is 8.76. The Morgan fingerprint density at radius 3 is 2.86 bits per heavy atom. The molecule has 3 nitrogen and oxygen atoms in total. The number of rotatable bonds is 1. The molecular weight excluding hydrogens is 178 g/mol. The molecule has 0 aliphatic heterocycles. The van der Waals surface area contributed by atoms with Crippen LogP contribution in [0.3, 0.4) is 0 Å². The predicted molar refractivity (Wildman–Crippen MR) is 50.1 cm³/mol. The first-order valence-corrected chi connectivity index (χ1v) is 4.52. The fourth-order valence-corrected chi connectivity index (χ4v) is 1.97. The molecule has 1 aliphatic rings. The summed E-state index contributed by atoms with van der Waals surface area (Å²) in [7, 11) is 0. The quantitative estimate of drug-likeness (QED) is 0.728. The summed E-state index contributed by atoms with van der Waals surface area (Å²) in [4.78, 5) is 10.8. The molecule has 1 N–H and O–H groups in total. The normalized spacial score (nSPS) is 13.4. The van der Waals surface area contributed by atoms with Gasteiger partial charge in [-0.1, -0.05) is 6.07 Å². The summed E-state index contributed by atoms with van der Waals surface area (Å²) in [6, 6.07) is 5.36. The van der Waals surface area contributed by atoms with Crippen molar-refractivity contribution in [2.24, 2.45) is 0 Å². The second-order valence-corrected chi connectivity index (χ2v) is 3.40. The van der Waals surface area contributed by atoms with E-state index in [4.69, 9.17) is 10.4 Å². The smallest absolute Gasteiger partial charge is 0.337 e. The van der Waals surface area contributed by atoms with E-state index in [9.17, 15) is 4.79 Å². The molecule has 0 unspecified atom stereocenters. The summed E-state index contributed by atoms with van der Waals surface area (Å²) in [5.74, 6) is -1.02. The van der Waals surface area contributed by atoms with E-state index in [2.05, 4.69) is 0 Å². The van der Waals surface area contributed by atoms with Gasteiger partial charge in [0.1, 0.15) is 6.07 Å². The van der Waals surface area contributed by atoms with Crippen LogP contribution in [-0.2, 0) is 12.8 Å².